The Bertz CT molecular complexity index is 431. The van der Waals surface area contributed by atoms with E-state index in [0.717, 1.165) is 0 Å². The molecule has 2 unspecified atom stereocenters. The van der Waals surface area contributed by atoms with Crippen molar-refractivity contribution in [3.05, 3.63) is 35.1 Å². The molecule has 0 amide bonds. The summed E-state index contributed by atoms with van der Waals surface area (Å²) in [6, 6.07) is 4.17. The molecule has 0 saturated carbocycles. The third-order valence-electron chi connectivity index (χ3n) is 2.34. The van der Waals surface area contributed by atoms with Gasteiger partial charge in [-0.25, -0.2) is 4.39 Å². The average Bonchev–Trinajstić information content (AvgIpc) is 2.20. The standard InChI is InChI=1S/C11H13FO3S/c1-7-5-10(12)4-3-9(7)6-16(15)8(2)11(13)14/h3-5,8H,6H2,1-2H3,(H,13,14). The van der Waals surface area contributed by atoms with Crippen LogP contribution in [0.4, 0.5) is 4.39 Å². The highest BCUT2D eigenvalue weighted by molar-refractivity contribution is 7.85. The first-order chi connectivity index (χ1) is 7.41. The van der Waals surface area contributed by atoms with Crippen LogP contribution in [0.3, 0.4) is 0 Å². The van der Waals surface area contributed by atoms with E-state index < -0.39 is 22.0 Å². The van der Waals surface area contributed by atoms with E-state index >= 15 is 0 Å². The van der Waals surface area contributed by atoms with Crippen LogP contribution >= 0.6 is 0 Å². The molecular weight excluding hydrogens is 231 g/mol. The van der Waals surface area contributed by atoms with E-state index in [9.17, 15) is 13.4 Å². The number of aliphatic carboxylic acids is 1. The molecular formula is C11H13FO3S. The van der Waals surface area contributed by atoms with Gasteiger partial charge in [-0.05, 0) is 37.1 Å². The molecule has 16 heavy (non-hydrogen) atoms. The zero-order chi connectivity index (χ0) is 12.3. The maximum atomic E-state index is 12.8. The lowest BCUT2D eigenvalue weighted by Gasteiger charge is -2.08. The fourth-order valence-corrected chi connectivity index (χ4v) is 2.32. The van der Waals surface area contributed by atoms with Crippen molar-refractivity contribution in [2.75, 3.05) is 0 Å². The van der Waals surface area contributed by atoms with Gasteiger partial charge < -0.3 is 5.11 Å². The Balaban J connectivity index is 2.81. The number of aryl methyl sites for hydroxylation is 1. The summed E-state index contributed by atoms with van der Waals surface area (Å²) in [5.41, 5.74) is 1.40. The maximum absolute atomic E-state index is 12.8. The van der Waals surface area contributed by atoms with E-state index in [0.29, 0.717) is 11.1 Å². The second-order valence-corrected chi connectivity index (χ2v) is 5.33. The number of halogens is 1. The fourth-order valence-electron chi connectivity index (χ4n) is 1.21. The number of hydrogen-bond donors (Lipinski definition) is 1. The summed E-state index contributed by atoms with van der Waals surface area (Å²) < 4.78 is 24.4. The topological polar surface area (TPSA) is 54.4 Å². The van der Waals surface area contributed by atoms with Crippen LogP contribution in [0.5, 0.6) is 0 Å². The van der Waals surface area contributed by atoms with Crippen molar-refractivity contribution in [2.24, 2.45) is 0 Å². The maximum Gasteiger partial charge on any atom is 0.318 e. The van der Waals surface area contributed by atoms with Gasteiger partial charge >= 0.3 is 5.97 Å². The van der Waals surface area contributed by atoms with Gasteiger partial charge in [0.05, 0.1) is 0 Å². The van der Waals surface area contributed by atoms with Crippen molar-refractivity contribution >= 4 is 16.8 Å². The second kappa shape index (κ2) is 5.21. The van der Waals surface area contributed by atoms with Crippen molar-refractivity contribution in [3.63, 3.8) is 0 Å². The fraction of sp³-hybridized carbons (Fsp3) is 0.364. The largest absolute Gasteiger partial charge is 0.480 e. The predicted molar refractivity (Wildman–Crippen MR) is 60.1 cm³/mol. The Morgan fingerprint density at radius 2 is 2.19 bits per heavy atom. The van der Waals surface area contributed by atoms with E-state index in [4.69, 9.17) is 5.11 Å². The van der Waals surface area contributed by atoms with E-state index in [2.05, 4.69) is 0 Å². The number of hydrogen-bond acceptors (Lipinski definition) is 2. The Morgan fingerprint density at radius 3 is 2.69 bits per heavy atom. The molecule has 0 aliphatic rings. The predicted octanol–water partition coefficient (Wildman–Crippen LogP) is 1.86. The van der Waals surface area contributed by atoms with Crippen molar-refractivity contribution in [1.82, 2.24) is 0 Å². The Labute approximate surface area is 95.8 Å². The van der Waals surface area contributed by atoms with Crippen LogP contribution in [0.15, 0.2) is 18.2 Å². The van der Waals surface area contributed by atoms with Gasteiger partial charge in [-0.15, -0.1) is 0 Å². The van der Waals surface area contributed by atoms with E-state index in [-0.39, 0.29) is 11.6 Å². The SMILES string of the molecule is Cc1cc(F)ccc1CS(=O)C(C)C(=O)O. The first kappa shape index (κ1) is 12.8. The van der Waals surface area contributed by atoms with Crippen LogP contribution in [0.25, 0.3) is 0 Å². The average molecular weight is 244 g/mol. The molecule has 1 rings (SSSR count). The van der Waals surface area contributed by atoms with Gasteiger partial charge in [-0.1, -0.05) is 6.07 Å². The van der Waals surface area contributed by atoms with E-state index in [1.807, 2.05) is 0 Å². The van der Waals surface area contributed by atoms with Gasteiger partial charge in [0.1, 0.15) is 11.1 Å². The molecule has 3 nitrogen and oxygen atoms in total. The van der Waals surface area contributed by atoms with Crippen molar-refractivity contribution in [1.29, 1.82) is 0 Å². The molecule has 1 N–H and O–H groups in total. The molecule has 0 fully saturated rings. The van der Waals surface area contributed by atoms with Crippen LogP contribution in [-0.2, 0) is 21.3 Å². The normalized spacial score (nSPS) is 14.4. The van der Waals surface area contributed by atoms with Gasteiger partial charge in [0, 0.05) is 16.6 Å². The van der Waals surface area contributed by atoms with Gasteiger partial charge in [-0.3, -0.25) is 9.00 Å². The Morgan fingerprint density at radius 1 is 1.56 bits per heavy atom. The molecule has 88 valence electrons. The minimum atomic E-state index is -1.48. The molecule has 0 bridgehead atoms. The highest BCUT2D eigenvalue weighted by atomic mass is 32.2. The summed E-state index contributed by atoms with van der Waals surface area (Å²) >= 11 is 0. The number of carbonyl (C=O) groups is 1. The Kier molecular flexibility index (Phi) is 4.18. The lowest BCUT2D eigenvalue weighted by atomic mass is 10.1. The number of carboxylic acid groups (broad SMARTS) is 1. The van der Waals surface area contributed by atoms with E-state index in [1.165, 1.54) is 25.1 Å². The van der Waals surface area contributed by atoms with Crippen LogP contribution in [0.1, 0.15) is 18.1 Å². The molecule has 2 atom stereocenters. The van der Waals surface area contributed by atoms with Gasteiger partial charge in [-0.2, -0.15) is 0 Å². The van der Waals surface area contributed by atoms with Crippen LogP contribution < -0.4 is 0 Å². The summed E-state index contributed by atoms with van der Waals surface area (Å²) in [6.45, 7) is 3.11. The lowest BCUT2D eigenvalue weighted by molar-refractivity contribution is -0.136. The first-order valence-electron chi connectivity index (χ1n) is 4.77. The zero-order valence-electron chi connectivity index (χ0n) is 9.07. The quantitative estimate of drug-likeness (QED) is 0.879. The van der Waals surface area contributed by atoms with Gasteiger partial charge in [0.25, 0.3) is 0 Å². The number of rotatable bonds is 4. The minimum Gasteiger partial charge on any atom is -0.480 e. The molecule has 0 aliphatic heterocycles. The third-order valence-corrected chi connectivity index (χ3v) is 3.93. The molecule has 0 heterocycles. The van der Waals surface area contributed by atoms with Gasteiger partial charge in [0.2, 0.25) is 0 Å². The van der Waals surface area contributed by atoms with Crippen LogP contribution in [0, 0.1) is 12.7 Å². The summed E-state index contributed by atoms with van der Waals surface area (Å²) in [5, 5.41) is 7.78. The summed E-state index contributed by atoms with van der Waals surface area (Å²) in [4.78, 5) is 10.6. The van der Waals surface area contributed by atoms with Crippen molar-refractivity contribution in [2.45, 2.75) is 24.9 Å². The smallest absolute Gasteiger partial charge is 0.318 e. The van der Waals surface area contributed by atoms with Gasteiger partial charge in [0.15, 0.2) is 0 Å². The summed E-state index contributed by atoms with van der Waals surface area (Å²) in [5.74, 6) is -1.30. The van der Waals surface area contributed by atoms with Crippen LogP contribution in [-0.4, -0.2) is 20.5 Å². The van der Waals surface area contributed by atoms with Crippen molar-refractivity contribution in [3.8, 4) is 0 Å². The molecule has 0 aromatic heterocycles. The monoisotopic (exact) mass is 244 g/mol. The molecule has 1 aromatic carbocycles. The van der Waals surface area contributed by atoms with Crippen molar-refractivity contribution < 1.29 is 18.5 Å². The Hall–Kier alpha value is -1.23. The molecule has 1 aromatic rings. The highest BCUT2D eigenvalue weighted by Gasteiger charge is 2.19. The molecule has 0 radical (unpaired) electrons. The molecule has 0 spiro atoms. The first-order valence-corrected chi connectivity index (χ1v) is 6.15. The third kappa shape index (κ3) is 3.13. The lowest BCUT2D eigenvalue weighted by Crippen LogP contribution is -2.23. The number of carboxylic acids is 1. The van der Waals surface area contributed by atoms with Crippen LogP contribution in [0.2, 0.25) is 0 Å². The molecule has 0 saturated heterocycles. The molecule has 0 aliphatic carbocycles. The van der Waals surface area contributed by atoms with E-state index in [1.54, 1.807) is 6.92 Å². The molecule has 5 heteroatoms. The second-order valence-electron chi connectivity index (χ2n) is 3.58. The zero-order valence-corrected chi connectivity index (χ0v) is 9.88. The summed E-state index contributed by atoms with van der Waals surface area (Å²) in [7, 11) is -1.48. The minimum absolute atomic E-state index is 0.138. The summed E-state index contributed by atoms with van der Waals surface area (Å²) in [6.07, 6.45) is 0. The number of benzene rings is 1. The highest BCUT2D eigenvalue weighted by Crippen LogP contribution is 2.14.